The molecule has 0 aliphatic rings. The molecule has 0 bridgehead atoms. The van der Waals surface area contributed by atoms with Crippen molar-refractivity contribution in [1.82, 2.24) is 10.6 Å². The van der Waals surface area contributed by atoms with Crippen LogP contribution < -0.4 is 10.6 Å². The average molecular weight is 317 g/mol. The molecule has 18 heavy (non-hydrogen) atoms. The Kier molecular flexibility index (Phi) is 5.28. The minimum Gasteiger partial charge on any atom is -0.350 e. The zero-order valence-corrected chi connectivity index (χ0v) is 12.4. The Morgan fingerprint density at radius 1 is 1.39 bits per heavy atom. The van der Waals surface area contributed by atoms with Gasteiger partial charge >= 0.3 is 0 Å². The molecule has 1 amide bonds. The molecule has 0 unspecified atom stereocenters. The Morgan fingerprint density at radius 2 is 2.06 bits per heavy atom. The fourth-order valence-electron chi connectivity index (χ4n) is 1.45. The van der Waals surface area contributed by atoms with Crippen LogP contribution in [0, 0.1) is 5.82 Å². The van der Waals surface area contributed by atoms with Crippen molar-refractivity contribution in [3.05, 3.63) is 34.1 Å². The lowest BCUT2D eigenvalue weighted by Crippen LogP contribution is -2.44. The van der Waals surface area contributed by atoms with Gasteiger partial charge in [0.2, 0.25) is 5.91 Å². The van der Waals surface area contributed by atoms with Gasteiger partial charge in [0.1, 0.15) is 5.82 Å². The van der Waals surface area contributed by atoms with Crippen molar-refractivity contribution in [2.75, 3.05) is 6.54 Å². The van der Waals surface area contributed by atoms with Crippen molar-refractivity contribution in [2.45, 2.75) is 32.9 Å². The highest BCUT2D eigenvalue weighted by Crippen LogP contribution is 2.17. The van der Waals surface area contributed by atoms with Gasteiger partial charge in [0, 0.05) is 16.6 Å². The van der Waals surface area contributed by atoms with Gasteiger partial charge in [-0.3, -0.25) is 4.79 Å². The minimum absolute atomic E-state index is 0.0741. The summed E-state index contributed by atoms with van der Waals surface area (Å²) in [7, 11) is 0. The lowest BCUT2D eigenvalue weighted by Gasteiger charge is -2.20. The number of benzene rings is 1. The summed E-state index contributed by atoms with van der Waals surface area (Å²) in [6.07, 6.45) is 0. The SMILES string of the molecule is CC(C)(C)NC(=O)CNCc1cc(F)ccc1Br. The number of halogens is 2. The van der Waals surface area contributed by atoms with E-state index in [0.717, 1.165) is 10.0 Å². The molecule has 0 saturated heterocycles. The van der Waals surface area contributed by atoms with Crippen LogP contribution in [0.15, 0.2) is 22.7 Å². The molecule has 1 aromatic carbocycles. The second-order valence-electron chi connectivity index (χ2n) is 5.14. The maximum absolute atomic E-state index is 13.0. The second-order valence-corrected chi connectivity index (χ2v) is 5.99. The van der Waals surface area contributed by atoms with Gasteiger partial charge in [0.05, 0.1) is 6.54 Å². The summed E-state index contributed by atoms with van der Waals surface area (Å²) in [6.45, 7) is 6.42. The smallest absolute Gasteiger partial charge is 0.234 e. The molecular weight excluding hydrogens is 299 g/mol. The first-order valence-electron chi connectivity index (χ1n) is 5.73. The molecule has 2 N–H and O–H groups in total. The van der Waals surface area contributed by atoms with E-state index in [4.69, 9.17) is 0 Å². The molecule has 100 valence electrons. The highest BCUT2D eigenvalue weighted by Gasteiger charge is 2.13. The number of nitrogens with one attached hydrogen (secondary N) is 2. The van der Waals surface area contributed by atoms with Gasteiger partial charge in [-0.2, -0.15) is 0 Å². The van der Waals surface area contributed by atoms with E-state index in [2.05, 4.69) is 26.6 Å². The quantitative estimate of drug-likeness (QED) is 0.896. The van der Waals surface area contributed by atoms with Gasteiger partial charge in [-0.15, -0.1) is 0 Å². The lowest BCUT2D eigenvalue weighted by atomic mass is 10.1. The summed E-state index contributed by atoms with van der Waals surface area (Å²) in [5.41, 5.74) is 0.552. The summed E-state index contributed by atoms with van der Waals surface area (Å²) >= 11 is 3.34. The predicted octanol–water partition coefficient (Wildman–Crippen LogP) is 2.59. The largest absolute Gasteiger partial charge is 0.350 e. The Bertz CT molecular complexity index is 429. The van der Waals surface area contributed by atoms with Gasteiger partial charge in [-0.1, -0.05) is 15.9 Å². The van der Waals surface area contributed by atoms with Gasteiger partial charge in [-0.25, -0.2) is 4.39 Å². The third-order valence-electron chi connectivity index (χ3n) is 2.12. The monoisotopic (exact) mass is 316 g/mol. The molecule has 3 nitrogen and oxygen atoms in total. The van der Waals surface area contributed by atoms with E-state index in [1.165, 1.54) is 12.1 Å². The summed E-state index contributed by atoms with van der Waals surface area (Å²) in [4.78, 5) is 11.5. The summed E-state index contributed by atoms with van der Waals surface area (Å²) in [6, 6.07) is 4.49. The molecule has 0 heterocycles. The van der Waals surface area contributed by atoms with Crippen LogP contribution in [0.4, 0.5) is 4.39 Å². The van der Waals surface area contributed by atoms with Crippen LogP contribution in [0.5, 0.6) is 0 Å². The van der Waals surface area contributed by atoms with E-state index >= 15 is 0 Å². The highest BCUT2D eigenvalue weighted by atomic mass is 79.9. The molecule has 0 aliphatic heterocycles. The number of rotatable bonds is 4. The van der Waals surface area contributed by atoms with Gasteiger partial charge < -0.3 is 10.6 Å². The fraction of sp³-hybridized carbons (Fsp3) is 0.462. The van der Waals surface area contributed by atoms with E-state index in [0.29, 0.717) is 6.54 Å². The first kappa shape index (κ1) is 15.1. The van der Waals surface area contributed by atoms with Crippen LogP contribution in [0.1, 0.15) is 26.3 Å². The minimum atomic E-state index is -0.283. The molecule has 0 aromatic heterocycles. The van der Waals surface area contributed by atoms with Crippen LogP contribution >= 0.6 is 15.9 Å². The first-order valence-corrected chi connectivity index (χ1v) is 6.53. The van der Waals surface area contributed by atoms with Crippen molar-refractivity contribution >= 4 is 21.8 Å². The molecule has 0 aliphatic carbocycles. The van der Waals surface area contributed by atoms with Gasteiger partial charge in [-0.05, 0) is 44.5 Å². The molecule has 5 heteroatoms. The Hall–Kier alpha value is -0.940. The Labute approximate surface area is 115 Å². The molecular formula is C13H18BrFN2O. The normalized spacial score (nSPS) is 11.4. The van der Waals surface area contributed by atoms with E-state index < -0.39 is 0 Å². The van der Waals surface area contributed by atoms with Crippen molar-refractivity contribution in [2.24, 2.45) is 0 Å². The molecule has 0 radical (unpaired) electrons. The standard InChI is InChI=1S/C13H18BrFN2O/c1-13(2,3)17-12(18)8-16-7-9-6-10(15)4-5-11(9)14/h4-6,16H,7-8H2,1-3H3,(H,17,18). The molecule has 0 atom stereocenters. The Morgan fingerprint density at radius 3 is 2.67 bits per heavy atom. The highest BCUT2D eigenvalue weighted by molar-refractivity contribution is 9.10. The zero-order chi connectivity index (χ0) is 13.8. The van der Waals surface area contributed by atoms with E-state index in [1.54, 1.807) is 6.07 Å². The topological polar surface area (TPSA) is 41.1 Å². The third kappa shape index (κ3) is 5.60. The maximum Gasteiger partial charge on any atom is 0.234 e. The van der Waals surface area contributed by atoms with E-state index in [-0.39, 0.29) is 23.8 Å². The van der Waals surface area contributed by atoms with Crippen LogP contribution in [0.2, 0.25) is 0 Å². The molecule has 0 fully saturated rings. The summed E-state index contributed by atoms with van der Waals surface area (Å²) < 4.78 is 13.9. The predicted molar refractivity (Wildman–Crippen MR) is 73.7 cm³/mol. The number of carbonyl (C=O) groups excluding carboxylic acids is 1. The van der Waals surface area contributed by atoms with Crippen molar-refractivity contribution < 1.29 is 9.18 Å². The number of hydrogen-bond donors (Lipinski definition) is 2. The van der Waals surface area contributed by atoms with E-state index in [9.17, 15) is 9.18 Å². The second kappa shape index (κ2) is 6.29. The van der Waals surface area contributed by atoms with Crippen LogP contribution in [-0.4, -0.2) is 18.0 Å². The Balaban J connectivity index is 2.42. The number of carbonyl (C=O) groups is 1. The summed E-state index contributed by atoms with van der Waals surface area (Å²) in [5.74, 6) is -0.357. The maximum atomic E-state index is 13.0. The molecule has 0 spiro atoms. The van der Waals surface area contributed by atoms with Gasteiger partial charge in [0.25, 0.3) is 0 Å². The van der Waals surface area contributed by atoms with Crippen molar-refractivity contribution in [3.63, 3.8) is 0 Å². The van der Waals surface area contributed by atoms with Crippen LogP contribution in [0.3, 0.4) is 0 Å². The summed E-state index contributed by atoms with van der Waals surface area (Å²) in [5, 5.41) is 5.83. The number of amides is 1. The first-order chi connectivity index (χ1) is 8.28. The fourth-order valence-corrected chi connectivity index (χ4v) is 1.84. The van der Waals surface area contributed by atoms with Crippen molar-refractivity contribution in [3.8, 4) is 0 Å². The lowest BCUT2D eigenvalue weighted by molar-refractivity contribution is -0.121. The van der Waals surface area contributed by atoms with Crippen LogP contribution in [-0.2, 0) is 11.3 Å². The van der Waals surface area contributed by atoms with E-state index in [1.807, 2.05) is 20.8 Å². The van der Waals surface area contributed by atoms with Crippen molar-refractivity contribution in [1.29, 1.82) is 0 Å². The average Bonchev–Trinajstić information content (AvgIpc) is 2.20. The third-order valence-corrected chi connectivity index (χ3v) is 2.90. The zero-order valence-electron chi connectivity index (χ0n) is 10.8. The molecule has 1 rings (SSSR count). The molecule has 1 aromatic rings. The molecule has 0 saturated carbocycles. The number of hydrogen-bond acceptors (Lipinski definition) is 2. The van der Waals surface area contributed by atoms with Crippen LogP contribution in [0.25, 0.3) is 0 Å². The van der Waals surface area contributed by atoms with Gasteiger partial charge in [0.15, 0.2) is 0 Å².